The lowest BCUT2D eigenvalue weighted by Crippen LogP contribution is -2.27. The Bertz CT molecular complexity index is 1590. The molecule has 7 heteroatoms. The van der Waals surface area contributed by atoms with Crippen LogP contribution in [0, 0.1) is 6.92 Å². The Labute approximate surface area is 201 Å². The van der Waals surface area contributed by atoms with Gasteiger partial charge in [0, 0.05) is 42.3 Å². The second-order valence-corrected chi connectivity index (χ2v) is 8.91. The lowest BCUT2D eigenvalue weighted by molar-refractivity contribution is 0.266. The van der Waals surface area contributed by atoms with Crippen molar-refractivity contribution in [3.05, 3.63) is 117 Å². The number of fused-ring (bicyclic) bond motifs is 1. The van der Waals surface area contributed by atoms with Crippen LogP contribution >= 0.6 is 11.6 Å². The van der Waals surface area contributed by atoms with Crippen LogP contribution in [0.5, 0.6) is 0 Å². The van der Waals surface area contributed by atoms with E-state index < -0.39 is 5.67 Å². The molecule has 0 saturated heterocycles. The van der Waals surface area contributed by atoms with Gasteiger partial charge in [0.25, 0.3) is 5.56 Å². The molecule has 0 aliphatic rings. The zero-order chi connectivity index (χ0) is 24.0. The Kier molecular flexibility index (Phi) is 5.33. The molecule has 170 valence electrons. The van der Waals surface area contributed by atoms with E-state index in [9.17, 15) is 4.79 Å². The molecule has 0 aliphatic heterocycles. The van der Waals surface area contributed by atoms with Gasteiger partial charge in [-0.3, -0.25) is 9.36 Å². The molecule has 0 aliphatic carbocycles. The number of imidazole rings is 1. The molecule has 1 atom stereocenters. The van der Waals surface area contributed by atoms with Crippen LogP contribution < -0.4 is 5.56 Å². The predicted molar refractivity (Wildman–Crippen MR) is 133 cm³/mol. The fourth-order valence-corrected chi connectivity index (χ4v) is 4.52. The lowest BCUT2D eigenvalue weighted by Gasteiger charge is -2.27. The SMILES string of the molecule is Cc1cccc(-c2cc(=O)n(C)c3ncc(C(F)(c4ccc(Cl)cc4)c4cncn4C)cc23)c1. The number of rotatable bonds is 4. The Balaban J connectivity index is 1.84. The van der Waals surface area contributed by atoms with E-state index >= 15 is 4.39 Å². The minimum Gasteiger partial charge on any atom is -0.334 e. The third-order valence-electron chi connectivity index (χ3n) is 6.21. The number of hydrogen-bond acceptors (Lipinski definition) is 3. The minimum atomic E-state index is -2.05. The van der Waals surface area contributed by atoms with Crippen LogP contribution in [0.2, 0.25) is 5.02 Å². The first-order valence-corrected chi connectivity index (χ1v) is 11.2. The van der Waals surface area contributed by atoms with Gasteiger partial charge in [0.15, 0.2) is 0 Å². The first-order valence-electron chi connectivity index (χ1n) is 10.8. The molecule has 5 rings (SSSR count). The molecule has 0 spiro atoms. The number of aromatic nitrogens is 4. The molecule has 34 heavy (non-hydrogen) atoms. The number of halogens is 2. The van der Waals surface area contributed by atoms with E-state index in [1.165, 1.54) is 17.0 Å². The molecule has 0 amide bonds. The summed E-state index contributed by atoms with van der Waals surface area (Å²) in [5.74, 6) is 0. The molecule has 2 aromatic carbocycles. The average Bonchev–Trinajstić information content (AvgIpc) is 3.27. The van der Waals surface area contributed by atoms with Crippen LogP contribution in [0.3, 0.4) is 0 Å². The Morgan fingerprint density at radius 3 is 2.41 bits per heavy atom. The molecule has 5 nitrogen and oxygen atoms in total. The molecule has 3 aromatic heterocycles. The van der Waals surface area contributed by atoms with Crippen molar-refractivity contribution >= 4 is 22.6 Å². The van der Waals surface area contributed by atoms with E-state index in [-0.39, 0.29) is 5.56 Å². The van der Waals surface area contributed by atoms with Crippen LogP contribution in [0.1, 0.15) is 22.4 Å². The molecular weight excluding hydrogens is 451 g/mol. The molecule has 0 fully saturated rings. The van der Waals surface area contributed by atoms with Crippen LogP contribution in [0.25, 0.3) is 22.2 Å². The normalized spacial score (nSPS) is 13.2. The summed E-state index contributed by atoms with van der Waals surface area (Å²) in [6, 6.07) is 17.9. The van der Waals surface area contributed by atoms with Crippen LogP contribution in [0.4, 0.5) is 4.39 Å². The summed E-state index contributed by atoms with van der Waals surface area (Å²) in [6.07, 6.45) is 4.57. The quantitative estimate of drug-likeness (QED) is 0.344. The Morgan fingerprint density at radius 1 is 0.971 bits per heavy atom. The topological polar surface area (TPSA) is 52.7 Å². The van der Waals surface area contributed by atoms with Gasteiger partial charge in [-0.15, -0.1) is 0 Å². The van der Waals surface area contributed by atoms with E-state index in [1.807, 2.05) is 31.2 Å². The van der Waals surface area contributed by atoms with Gasteiger partial charge in [-0.25, -0.2) is 14.4 Å². The lowest BCUT2D eigenvalue weighted by atomic mass is 9.85. The maximum atomic E-state index is 17.3. The van der Waals surface area contributed by atoms with Gasteiger partial charge in [0.2, 0.25) is 5.67 Å². The average molecular weight is 473 g/mol. The summed E-state index contributed by atoms with van der Waals surface area (Å²) in [7, 11) is 3.42. The largest absolute Gasteiger partial charge is 0.334 e. The summed E-state index contributed by atoms with van der Waals surface area (Å²) >= 11 is 6.09. The number of aryl methyl sites for hydroxylation is 3. The maximum absolute atomic E-state index is 17.3. The number of nitrogens with zero attached hydrogens (tertiary/aromatic N) is 4. The smallest absolute Gasteiger partial charge is 0.252 e. The summed E-state index contributed by atoms with van der Waals surface area (Å²) in [4.78, 5) is 21.4. The van der Waals surface area contributed by atoms with Crippen LogP contribution in [-0.2, 0) is 19.8 Å². The van der Waals surface area contributed by atoms with E-state index in [0.29, 0.717) is 38.4 Å². The van der Waals surface area contributed by atoms with Crippen molar-refractivity contribution in [2.45, 2.75) is 12.6 Å². The molecule has 0 N–H and O–H groups in total. The van der Waals surface area contributed by atoms with Gasteiger partial charge < -0.3 is 4.57 Å². The van der Waals surface area contributed by atoms with Crippen LogP contribution in [0.15, 0.2) is 84.2 Å². The summed E-state index contributed by atoms with van der Waals surface area (Å²) < 4.78 is 20.4. The molecule has 3 heterocycles. The third kappa shape index (κ3) is 3.51. The summed E-state index contributed by atoms with van der Waals surface area (Å²) in [6.45, 7) is 1.99. The van der Waals surface area contributed by atoms with Gasteiger partial charge in [-0.2, -0.15) is 0 Å². The van der Waals surface area contributed by atoms with Gasteiger partial charge in [-0.1, -0.05) is 53.6 Å². The number of pyridine rings is 2. The highest BCUT2D eigenvalue weighted by molar-refractivity contribution is 6.30. The fourth-order valence-electron chi connectivity index (χ4n) is 4.40. The molecule has 1 unspecified atom stereocenters. The monoisotopic (exact) mass is 472 g/mol. The number of alkyl halides is 1. The van der Waals surface area contributed by atoms with E-state index in [4.69, 9.17) is 11.6 Å². The maximum Gasteiger partial charge on any atom is 0.252 e. The molecule has 0 radical (unpaired) electrons. The standard InChI is InChI=1S/C27H22ClFN4O/c1-17-5-4-6-18(11-17)22-13-25(34)33(3)26-23(22)12-20(14-31-26)27(29,24-15-30-16-32(24)2)19-7-9-21(28)10-8-19/h4-16H,1-3H3. The first kappa shape index (κ1) is 22.0. The predicted octanol–water partition coefficient (Wildman–Crippen LogP) is 5.56. The van der Waals surface area contributed by atoms with Gasteiger partial charge in [0.05, 0.1) is 18.2 Å². The van der Waals surface area contributed by atoms with Gasteiger partial charge in [-0.05, 0) is 41.8 Å². The highest BCUT2D eigenvalue weighted by Crippen LogP contribution is 2.42. The van der Waals surface area contributed by atoms with Crippen LogP contribution in [-0.4, -0.2) is 19.1 Å². The molecular formula is C27H22ClFN4O. The van der Waals surface area contributed by atoms with Crippen molar-refractivity contribution in [3.8, 4) is 11.1 Å². The van der Waals surface area contributed by atoms with Crippen molar-refractivity contribution in [1.29, 1.82) is 0 Å². The second-order valence-electron chi connectivity index (χ2n) is 8.48. The number of benzene rings is 2. The van der Waals surface area contributed by atoms with Crippen molar-refractivity contribution in [3.63, 3.8) is 0 Å². The summed E-state index contributed by atoms with van der Waals surface area (Å²) in [5, 5.41) is 1.20. The van der Waals surface area contributed by atoms with Crippen molar-refractivity contribution in [2.24, 2.45) is 14.1 Å². The Hall–Kier alpha value is -3.77. The zero-order valence-corrected chi connectivity index (χ0v) is 19.7. The van der Waals surface area contributed by atoms with Crippen molar-refractivity contribution in [2.75, 3.05) is 0 Å². The zero-order valence-electron chi connectivity index (χ0n) is 19.0. The molecule has 0 bridgehead atoms. The van der Waals surface area contributed by atoms with Gasteiger partial charge in [0.1, 0.15) is 5.65 Å². The molecule has 5 aromatic rings. The minimum absolute atomic E-state index is 0.180. The Morgan fingerprint density at radius 2 is 1.74 bits per heavy atom. The highest BCUT2D eigenvalue weighted by Gasteiger charge is 2.40. The fraction of sp³-hybridized carbons (Fsp3) is 0.148. The molecule has 0 saturated carbocycles. The van der Waals surface area contributed by atoms with E-state index in [2.05, 4.69) is 9.97 Å². The second kappa shape index (κ2) is 8.22. The summed E-state index contributed by atoms with van der Waals surface area (Å²) in [5.41, 5.74) is 2.00. The van der Waals surface area contributed by atoms with Crippen molar-refractivity contribution < 1.29 is 4.39 Å². The number of hydrogen-bond donors (Lipinski definition) is 0. The van der Waals surface area contributed by atoms with E-state index in [1.54, 1.807) is 61.4 Å². The highest BCUT2D eigenvalue weighted by atomic mass is 35.5. The third-order valence-corrected chi connectivity index (χ3v) is 6.46. The van der Waals surface area contributed by atoms with Gasteiger partial charge >= 0.3 is 0 Å². The van der Waals surface area contributed by atoms with Crippen molar-refractivity contribution in [1.82, 2.24) is 19.1 Å². The van der Waals surface area contributed by atoms with E-state index in [0.717, 1.165) is 11.1 Å². The first-order chi connectivity index (χ1) is 16.3.